The number of hydrogen-bond donors (Lipinski definition) is 2. The van der Waals surface area contributed by atoms with Crippen LogP contribution in [0.3, 0.4) is 0 Å². The summed E-state index contributed by atoms with van der Waals surface area (Å²) in [4.78, 5) is 17.4. The molecule has 0 aliphatic rings. The standard InChI is InChI=1S/C18H24N6O3/c1-13-3-4-14-10-15(18(26)19-16(14)9-13)11-23(5-7-25)12-17-20-21-22-24(17)6-8-27-2/h3-4,9-10,25H,5-8,11-12H2,1-2H3,(H,19,26). The summed E-state index contributed by atoms with van der Waals surface area (Å²) < 4.78 is 6.74. The van der Waals surface area contributed by atoms with Crippen molar-refractivity contribution in [3.05, 3.63) is 51.6 Å². The lowest BCUT2D eigenvalue weighted by Gasteiger charge is -2.20. The number of nitrogens with zero attached hydrogens (tertiary/aromatic N) is 5. The lowest BCUT2D eigenvalue weighted by Crippen LogP contribution is -2.30. The molecule has 9 nitrogen and oxygen atoms in total. The van der Waals surface area contributed by atoms with E-state index in [0.717, 1.165) is 16.5 Å². The normalized spacial score (nSPS) is 11.6. The predicted octanol–water partition coefficient (Wildman–Crippen LogP) is 0.464. The number of benzene rings is 1. The number of pyridine rings is 1. The van der Waals surface area contributed by atoms with Crippen LogP contribution in [0, 0.1) is 6.92 Å². The molecule has 144 valence electrons. The van der Waals surface area contributed by atoms with Crippen molar-refractivity contribution < 1.29 is 9.84 Å². The molecule has 0 radical (unpaired) electrons. The summed E-state index contributed by atoms with van der Waals surface area (Å²) in [6.45, 7) is 4.22. The summed E-state index contributed by atoms with van der Waals surface area (Å²) in [6, 6.07) is 7.85. The lowest BCUT2D eigenvalue weighted by molar-refractivity contribution is 0.167. The smallest absolute Gasteiger partial charge is 0.252 e. The van der Waals surface area contributed by atoms with E-state index in [1.807, 2.05) is 36.1 Å². The van der Waals surface area contributed by atoms with E-state index in [1.165, 1.54) is 0 Å². The van der Waals surface area contributed by atoms with Crippen LogP contribution in [0.4, 0.5) is 0 Å². The molecule has 1 aromatic carbocycles. The van der Waals surface area contributed by atoms with E-state index in [9.17, 15) is 9.90 Å². The fourth-order valence-corrected chi connectivity index (χ4v) is 2.96. The van der Waals surface area contributed by atoms with Crippen LogP contribution < -0.4 is 5.56 Å². The summed E-state index contributed by atoms with van der Waals surface area (Å²) >= 11 is 0. The van der Waals surface area contributed by atoms with Crippen LogP contribution in [0.2, 0.25) is 0 Å². The molecule has 0 unspecified atom stereocenters. The zero-order valence-electron chi connectivity index (χ0n) is 15.6. The highest BCUT2D eigenvalue weighted by Gasteiger charge is 2.14. The van der Waals surface area contributed by atoms with Crippen molar-refractivity contribution in [2.24, 2.45) is 0 Å². The average molecular weight is 372 g/mol. The molecule has 2 aromatic heterocycles. The van der Waals surface area contributed by atoms with Gasteiger partial charge < -0.3 is 14.8 Å². The number of hydrogen-bond acceptors (Lipinski definition) is 7. The summed E-state index contributed by atoms with van der Waals surface area (Å²) in [5.41, 5.74) is 2.42. The number of aromatic amines is 1. The summed E-state index contributed by atoms with van der Waals surface area (Å²) in [5, 5.41) is 22.1. The molecular formula is C18H24N6O3. The Morgan fingerprint density at radius 3 is 2.93 bits per heavy atom. The maximum absolute atomic E-state index is 12.5. The van der Waals surface area contributed by atoms with Gasteiger partial charge in [-0.15, -0.1) is 5.10 Å². The van der Waals surface area contributed by atoms with E-state index in [4.69, 9.17) is 4.74 Å². The SMILES string of the molecule is COCCn1nnnc1CN(CCO)Cc1cc2ccc(C)cc2[nH]c1=O. The molecule has 3 aromatic rings. The van der Waals surface area contributed by atoms with Crippen molar-refractivity contribution in [3.63, 3.8) is 0 Å². The van der Waals surface area contributed by atoms with E-state index in [0.29, 0.717) is 44.2 Å². The van der Waals surface area contributed by atoms with Gasteiger partial charge in [0.25, 0.3) is 5.56 Å². The molecule has 27 heavy (non-hydrogen) atoms. The number of rotatable bonds is 9. The topological polar surface area (TPSA) is 109 Å². The third-order valence-corrected chi connectivity index (χ3v) is 4.37. The van der Waals surface area contributed by atoms with Crippen molar-refractivity contribution in [1.82, 2.24) is 30.1 Å². The number of tetrazole rings is 1. The second kappa shape index (κ2) is 8.85. The molecule has 0 saturated carbocycles. The zero-order valence-corrected chi connectivity index (χ0v) is 15.6. The molecule has 0 saturated heterocycles. The number of aliphatic hydroxyl groups is 1. The predicted molar refractivity (Wildman–Crippen MR) is 100 cm³/mol. The number of fused-ring (bicyclic) bond motifs is 1. The van der Waals surface area contributed by atoms with E-state index in [2.05, 4.69) is 20.5 Å². The summed E-state index contributed by atoms with van der Waals surface area (Å²) in [6.07, 6.45) is 0. The number of aromatic nitrogens is 5. The van der Waals surface area contributed by atoms with Crippen LogP contribution in [-0.2, 0) is 24.4 Å². The third-order valence-electron chi connectivity index (χ3n) is 4.37. The van der Waals surface area contributed by atoms with Crippen LogP contribution in [-0.4, -0.2) is 62.1 Å². The van der Waals surface area contributed by atoms with Gasteiger partial charge in [-0.3, -0.25) is 9.69 Å². The van der Waals surface area contributed by atoms with Crippen molar-refractivity contribution in [2.45, 2.75) is 26.6 Å². The molecule has 0 spiro atoms. The third kappa shape index (κ3) is 4.76. The van der Waals surface area contributed by atoms with Crippen molar-refractivity contribution in [2.75, 3.05) is 26.9 Å². The average Bonchev–Trinajstić information content (AvgIpc) is 3.08. The molecule has 0 fully saturated rings. The minimum atomic E-state index is -0.130. The first-order valence-electron chi connectivity index (χ1n) is 8.80. The quantitative estimate of drug-likeness (QED) is 0.562. The van der Waals surface area contributed by atoms with E-state index in [1.54, 1.807) is 11.8 Å². The number of ether oxygens (including phenoxy) is 1. The van der Waals surface area contributed by atoms with Gasteiger partial charge in [0.05, 0.1) is 26.3 Å². The van der Waals surface area contributed by atoms with Gasteiger partial charge in [0.2, 0.25) is 0 Å². The minimum Gasteiger partial charge on any atom is -0.395 e. The van der Waals surface area contributed by atoms with E-state index >= 15 is 0 Å². The zero-order chi connectivity index (χ0) is 19.2. The van der Waals surface area contributed by atoms with Gasteiger partial charge >= 0.3 is 0 Å². The van der Waals surface area contributed by atoms with Crippen LogP contribution >= 0.6 is 0 Å². The molecule has 0 aliphatic heterocycles. The van der Waals surface area contributed by atoms with Crippen LogP contribution in [0.1, 0.15) is 17.0 Å². The largest absolute Gasteiger partial charge is 0.395 e. The molecule has 3 rings (SSSR count). The van der Waals surface area contributed by atoms with Gasteiger partial charge in [0.1, 0.15) is 0 Å². The van der Waals surface area contributed by atoms with Crippen molar-refractivity contribution in [1.29, 1.82) is 0 Å². The lowest BCUT2D eigenvalue weighted by atomic mass is 10.1. The van der Waals surface area contributed by atoms with Crippen molar-refractivity contribution >= 4 is 10.9 Å². The highest BCUT2D eigenvalue weighted by Crippen LogP contribution is 2.14. The Balaban J connectivity index is 1.81. The number of aryl methyl sites for hydroxylation is 1. The Morgan fingerprint density at radius 2 is 2.15 bits per heavy atom. The fraction of sp³-hybridized carbons (Fsp3) is 0.444. The molecule has 0 aliphatic carbocycles. The van der Waals surface area contributed by atoms with Gasteiger partial charge in [-0.05, 0) is 40.4 Å². The highest BCUT2D eigenvalue weighted by molar-refractivity contribution is 5.79. The number of methoxy groups -OCH3 is 1. The van der Waals surface area contributed by atoms with E-state index < -0.39 is 0 Å². The Labute approximate surface area is 156 Å². The minimum absolute atomic E-state index is 0.0235. The molecule has 0 atom stereocenters. The van der Waals surface area contributed by atoms with Gasteiger partial charge in [-0.2, -0.15) is 0 Å². The molecule has 0 amide bonds. The Kier molecular flexibility index (Phi) is 6.28. The van der Waals surface area contributed by atoms with Gasteiger partial charge in [0.15, 0.2) is 5.82 Å². The Bertz CT molecular complexity index is 952. The monoisotopic (exact) mass is 372 g/mol. The molecule has 9 heteroatoms. The number of aliphatic hydroxyl groups excluding tert-OH is 1. The maximum Gasteiger partial charge on any atom is 0.252 e. The number of H-pyrrole nitrogens is 1. The first-order chi connectivity index (χ1) is 13.1. The second-order valence-electron chi connectivity index (χ2n) is 6.46. The van der Waals surface area contributed by atoms with Gasteiger partial charge in [-0.1, -0.05) is 12.1 Å². The Morgan fingerprint density at radius 1 is 1.30 bits per heavy atom. The summed E-state index contributed by atoms with van der Waals surface area (Å²) in [5.74, 6) is 0.661. The first kappa shape index (κ1) is 19.2. The first-order valence-corrected chi connectivity index (χ1v) is 8.80. The summed E-state index contributed by atoms with van der Waals surface area (Å²) in [7, 11) is 1.62. The Hall–Kier alpha value is -2.62. The molecule has 2 N–H and O–H groups in total. The fourth-order valence-electron chi connectivity index (χ4n) is 2.96. The molecule has 2 heterocycles. The molecular weight excluding hydrogens is 348 g/mol. The van der Waals surface area contributed by atoms with Crippen LogP contribution in [0.5, 0.6) is 0 Å². The van der Waals surface area contributed by atoms with Crippen molar-refractivity contribution in [3.8, 4) is 0 Å². The van der Waals surface area contributed by atoms with Crippen LogP contribution in [0.25, 0.3) is 10.9 Å². The van der Waals surface area contributed by atoms with Gasteiger partial charge in [0, 0.05) is 31.3 Å². The number of nitrogens with one attached hydrogen (secondary N) is 1. The second-order valence-corrected chi connectivity index (χ2v) is 6.46. The highest BCUT2D eigenvalue weighted by atomic mass is 16.5. The van der Waals surface area contributed by atoms with E-state index in [-0.39, 0.29) is 12.2 Å². The molecule has 0 bridgehead atoms. The van der Waals surface area contributed by atoms with Gasteiger partial charge in [-0.25, -0.2) is 4.68 Å². The van der Waals surface area contributed by atoms with Crippen LogP contribution in [0.15, 0.2) is 29.1 Å². The maximum atomic E-state index is 12.5.